The van der Waals surface area contributed by atoms with E-state index in [9.17, 15) is 24.3 Å². The van der Waals surface area contributed by atoms with Crippen LogP contribution >= 0.6 is 23.2 Å². The van der Waals surface area contributed by atoms with Gasteiger partial charge >= 0.3 is 18.0 Å². The monoisotopic (exact) mass is 642 g/mol. The molecule has 2 amide bonds. The number of methoxy groups -OCH3 is 2. The predicted octanol–water partition coefficient (Wildman–Crippen LogP) is 6.93. The molecule has 0 spiro atoms. The van der Waals surface area contributed by atoms with Crippen LogP contribution in [-0.2, 0) is 23.9 Å². The van der Waals surface area contributed by atoms with Crippen LogP contribution in [0.1, 0.15) is 55.3 Å². The van der Waals surface area contributed by atoms with E-state index in [2.05, 4.69) is 16.1 Å². The molecule has 0 bridgehead atoms. The molecule has 2 saturated heterocycles. The highest BCUT2D eigenvalue weighted by Gasteiger charge is 2.37. The minimum Gasteiger partial charge on any atom is -0.466 e. The van der Waals surface area contributed by atoms with Crippen LogP contribution in [0.2, 0.25) is 10.0 Å². The van der Waals surface area contributed by atoms with Gasteiger partial charge < -0.3 is 19.5 Å². The third-order valence-electron chi connectivity index (χ3n) is 7.51. The third kappa shape index (κ3) is 9.21. The molecule has 1 N–H and O–H groups in total. The van der Waals surface area contributed by atoms with E-state index in [1.807, 2.05) is 41.3 Å². The topological polar surface area (TPSA) is 113 Å². The molecule has 0 radical (unpaired) electrons. The highest BCUT2D eigenvalue weighted by Crippen LogP contribution is 2.38. The van der Waals surface area contributed by atoms with Gasteiger partial charge in [-0.3, -0.25) is 9.69 Å². The number of ether oxygens (including phenoxy) is 2. The molecule has 2 aromatic rings. The van der Waals surface area contributed by atoms with E-state index in [0.717, 1.165) is 24.0 Å². The van der Waals surface area contributed by atoms with E-state index in [1.165, 1.54) is 31.3 Å². The van der Waals surface area contributed by atoms with E-state index >= 15 is 0 Å². The van der Waals surface area contributed by atoms with Gasteiger partial charge in [0, 0.05) is 28.6 Å². The highest BCUT2D eigenvalue weighted by atomic mass is 35.5. The Labute approximate surface area is 267 Å². The molecule has 2 aromatic carbocycles. The third-order valence-corrected chi connectivity index (χ3v) is 8.01. The van der Waals surface area contributed by atoms with Crippen LogP contribution in [0.15, 0.2) is 85.5 Å². The molecule has 2 aliphatic rings. The summed E-state index contributed by atoms with van der Waals surface area (Å²) in [5, 5.41) is 10.7. The molecule has 2 fully saturated rings. The normalized spacial score (nSPS) is 21.2. The largest absolute Gasteiger partial charge is 0.466 e. The lowest BCUT2D eigenvalue weighted by Crippen LogP contribution is -2.36. The van der Waals surface area contributed by atoms with Crippen LogP contribution in [0.4, 0.5) is 4.79 Å². The second kappa shape index (κ2) is 16.7. The Morgan fingerprint density at radius 1 is 0.773 bits per heavy atom. The summed E-state index contributed by atoms with van der Waals surface area (Å²) in [6.07, 6.45) is 9.81. The number of halogens is 2. The van der Waals surface area contributed by atoms with Crippen LogP contribution < -0.4 is 0 Å². The van der Waals surface area contributed by atoms with E-state index in [1.54, 1.807) is 30.4 Å². The van der Waals surface area contributed by atoms with Crippen molar-refractivity contribution in [1.82, 2.24) is 9.80 Å². The summed E-state index contributed by atoms with van der Waals surface area (Å²) in [5.74, 6) is -0.914. The first kappa shape index (κ1) is 34.4. The lowest BCUT2D eigenvalue weighted by molar-refractivity contribution is -0.135. The molecular formula is C33H36Cl2N2O7. The maximum absolute atomic E-state index is 12.5. The highest BCUT2D eigenvalue weighted by molar-refractivity contribution is 6.30. The Balaban J connectivity index is 0.000000241. The van der Waals surface area contributed by atoms with Crippen LogP contribution in [0.3, 0.4) is 0 Å². The van der Waals surface area contributed by atoms with Crippen molar-refractivity contribution in [2.45, 2.75) is 56.3 Å². The molecule has 4 atom stereocenters. The summed E-state index contributed by atoms with van der Waals surface area (Å²) >= 11 is 11.8. The van der Waals surface area contributed by atoms with Gasteiger partial charge in [-0.25, -0.2) is 14.4 Å². The smallest absolute Gasteiger partial charge is 0.408 e. The van der Waals surface area contributed by atoms with Gasteiger partial charge in [0.1, 0.15) is 0 Å². The fourth-order valence-electron chi connectivity index (χ4n) is 5.46. The SMILES string of the molecule is C=CCC(=O)N1[C@@H](/C=C/C(=O)OC)CC[C@H]1c1ccc(Cl)cc1.COC(=O)/C=C/[C@H]1CC[C@@H](c2ccc(Cl)cc2)N1C(=O)O. The zero-order valence-electron chi connectivity index (χ0n) is 24.6. The van der Waals surface area contributed by atoms with Gasteiger partial charge in [0.15, 0.2) is 0 Å². The van der Waals surface area contributed by atoms with Crippen molar-refractivity contribution in [3.05, 3.63) is 107 Å². The number of benzene rings is 2. The van der Waals surface area contributed by atoms with E-state index in [4.69, 9.17) is 23.2 Å². The minimum absolute atomic E-state index is 0.00281. The summed E-state index contributed by atoms with van der Waals surface area (Å²) in [6.45, 7) is 3.64. The predicted molar refractivity (Wildman–Crippen MR) is 168 cm³/mol. The number of carboxylic acid groups (broad SMARTS) is 1. The van der Waals surface area contributed by atoms with Gasteiger partial charge in [-0.2, -0.15) is 0 Å². The number of esters is 2. The maximum atomic E-state index is 12.5. The quantitative estimate of drug-likeness (QED) is 0.189. The molecule has 2 aliphatic heterocycles. The number of carbonyl (C=O) groups excluding carboxylic acids is 3. The average Bonchev–Trinajstić information content (AvgIpc) is 3.64. The molecule has 0 unspecified atom stereocenters. The van der Waals surface area contributed by atoms with Crippen molar-refractivity contribution < 1.29 is 33.8 Å². The second-order valence-electron chi connectivity index (χ2n) is 10.2. The number of amides is 2. The minimum atomic E-state index is -1.01. The molecule has 4 rings (SSSR count). The van der Waals surface area contributed by atoms with E-state index < -0.39 is 18.0 Å². The van der Waals surface area contributed by atoms with Gasteiger partial charge in [-0.1, -0.05) is 65.7 Å². The van der Waals surface area contributed by atoms with Crippen molar-refractivity contribution in [2.24, 2.45) is 0 Å². The number of hydrogen-bond acceptors (Lipinski definition) is 6. The maximum Gasteiger partial charge on any atom is 0.408 e. The number of hydrogen-bond donors (Lipinski definition) is 1. The van der Waals surface area contributed by atoms with Crippen molar-refractivity contribution in [3.63, 3.8) is 0 Å². The van der Waals surface area contributed by atoms with Crippen molar-refractivity contribution in [1.29, 1.82) is 0 Å². The van der Waals surface area contributed by atoms with Crippen LogP contribution in [0, 0.1) is 0 Å². The van der Waals surface area contributed by atoms with Crippen LogP contribution in [0.5, 0.6) is 0 Å². The molecule has 0 saturated carbocycles. The van der Waals surface area contributed by atoms with Crippen LogP contribution in [0.25, 0.3) is 0 Å². The molecule has 44 heavy (non-hydrogen) atoms. The fraction of sp³-hybridized carbons (Fsp3) is 0.333. The molecule has 0 aromatic heterocycles. The summed E-state index contributed by atoms with van der Waals surface area (Å²) in [7, 11) is 2.62. The van der Waals surface area contributed by atoms with Gasteiger partial charge in [0.2, 0.25) is 5.91 Å². The Kier molecular flexibility index (Phi) is 13.0. The fourth-order valence-corrected chi connectivity index (χ4v) is 5.71. The number of nitrogens with zero attached hydrogens (tertiary/aromatic N) is 2. The number of carbonyl (C=O) groups is 4. The number of rotatable bonds is 8. The second-order valence-corrected chi connectivity index (χ2v) is 11.0. The molecular weight excluding hydrogens is 607 g/mol. The zero-order chi connectivity index (χ0) is 32.2. The van der Waals surface area contributed by atoms with Crippen molar-refractivity contribution >= 4 is 47.1 Å². The van der Waals surface area contributed by atoms with Gasteiger partial charge in [-0.15, -0.1) is 6.58 Å². The first-order valence-electron chi connectivity index (χ1n) is 14.1. The van der Waals surface area contributed by atoms with Gasteiger partial charge in [0.05, 0.1) is 38.4 Å². The Morgan fingerprint density at radius 2 is 1.18 bits per heavy atom. The van der Waals surface area contributed by atoms with Crippen molar-refractivity contribution in [2.75, 3.05) is 14.2 Å². The lowest BCUT2D eigenvalue weighted by Gasteiger charge is -2.29. The lowest BCUT2D eigenvalue weighted by atomic mass is 10.0. The summed E-state index contributed by atoms with van der Waals surface area (Å²) in [6, 6.07) is 14.0. The Morgan fingerprint density at radius 3 is 1.57 bits per heavy atom. The first-order valence-corrected chi connectivity index (χ1v) is 14.8. The van der Waals surface area contributed by atoms with E-state index in [-0.39, 0.29) is 36.5 Å². The van der Waals surface area contributed by atoms with Gasteiger partial charge in [-0.05, 0) is 61.1 Å². The molecule has 2 heterocycles. The van der Waals surface area contributed by atoms with Gasteiger partial charge in [0.25, 0.3) is 0 Å². The molecule has 11 heteroatoms. The average molecular weight is 644 g/mol. The Hall–Kier alpha value is -4.08. The Bertz CT molecular complexity index is 1380. The zero-order valence-corrected chi connectivity index (χ0v) is 26.1. The molecule has 234 valence electrons. The van der Waals surface area contributed by atoms with Crippen molar-refractivity contribution in [3.8, 4) is 0 Å². The standard InChI is InChI=1S/C18H20ClNO3.C15H16ClNO4/c1-3-4-17(21)20-15(10-12-18(22)23-2)9-11-16(20)13-5-7-14(19)8-6-13;1-21-14(18)9-7-12-6-8-13(17(12)15(19)20)10-2-4-11(16)5-3-10/h3,5-8,10,12,15-16H,1,4,9,11H2,2H3;2-5,7,9,12-13H,6,8H2,1H3,(H,19,20)/b12-10+;9-7+/t15-,16+;12-,13+/m11/s1. The van der Waals surface area contributed by atoms with E-state index in [0.29, 0.717) is 22.9 Å². The summed E-state index contributed by atoms with van der Waals surface area (Å²) < 4.78 is 9.14. The number of likely N-dealkylation sites (tertiary alicyclic amines) is 2. The molecule has 9 nitrogen and oxygen atoms in total. The van der Waals surface area contributed by atoms with Crippen LogP contribution in [-0.4, -0.2) is 65.1 Å². The summed E-state index contributed by atoms with van der Waals surface area (Å²) in [5.41, 5.74) is 1.94. The first-order chi connectivity index (χ1) is 21.1. The molecule has 0 aliphatic carbocycles. The summed E-state index contributed by atoms with van der Waals surface area (Å²) in [4.78, 5) is 49.7.